The lowest BCUT2D eigenvalue weighted by Gasteiger charge is -2.23. The van der Waals surface area contributed by atoms with Gasteiger partial charge in [-0.05, 0) is 13.3 Å². The Hall–Kier alpha value is -1.10. The Morgan fingerprint density at radius 3 is 2.38 bits per heavy atom. The summed E-state index contributed by atoms with van der Waals surface area (Å²) in [5.41, 5.74) is -0.476. The maximum atomic E-state index is 11.7. The fraction of sp³-hybridized carbons (Fsp3) is 0.818. The van der Waals surface area contributed by atoms with Crippen molar-refractivity contribution < 1.29 is 19.1 Å². The lowest BCUT2D eigenvalue weighted by atomic mass is 9.89. The lowest BCUT2D eigenvalue weighted by molar-refractivity contribution is -0.157. The Morgan fingerprint density at radius 1 is 1.38 bits per heavy atom. The molecule has 0 aliphatic rings. The first-order chi connectivity index (χ1) is 7.35. The molecule has 0 bridgehead atoms. The number of methoxy groups -OCH3 is 1. The van der Waals surface area contributed by atoms with Gasteiger partial charge in [-0.25, -0.2) is 4.79 Å². The summed E-state index contributed by atoms with van der Waals surface area (Å²) in [4.78, 5) is 23.1. The Bertz CT molecular complexity index is 250. The fourth-order valence-electron chi connectivity index (χ4n) is 0.853. The average Bonchev–Trinajstić information content (AvgIpc) is 2.25. The van der Waals surface area contributed by atoms with Crippen molar-refractivity contribution >= 4 is 11.9 Å². The van der Waals surface area contributed by atoms with Crippen LogP contribution < -0.4 is 5.32 Å². The van der Waals surface area contributed by atoms with Crippen molar-refractivity contribution in [3.05, 3.63) is 0 Å². The van der Waals surface area contributed by atoms with E-state index in [9.17, 15) is 9.59 Å². The summed E-state index contributed by atoms with van der Waals surface area (Å²) in [6, 6.07) is -0.659. The van der Waals surface area contributed by atoms with Gasteiger partial charge in [0.15, 0.2) is 6.79 Å². The molecular weight excluding hydrogens is 210 g/mol. The zero-order chi connectivity index (χ0) is 12.8. The minimum Gasteiger partial charge on any atom is -0.437 e. The van der Waals surface area contributed by atoms with E-state index in [0.29, 0.717) is 6.42 Å². The van der Waals surface area contributed by atoms with E-state index in [1.54, 1.807) is 6.92 Å². The van der Waals surface area contributed by atoms with Gasteiger partial charge in [-0.1, -0.05) is 20.8 Å². The van der Waals surface area contributed by atoms with Crippen LogP contribution in [-0.2, 0) is 19.1 Å². The number of rotatable bonds is 6. The van der Waals surface area contributed by atoms with Crippen LogP contribution in [-0.4, -0.2) is 31.8 Å². The molecule has 1 amide bonds. The van der Waals surface area contributed by atoms with E-state index in [1.807, 2.05) is 20.8 Å². The van der Waals surface area contributed by atoms with Gasteiger partial charge >= 0.3 is 5.97 Å². The Labute approximate surface area is 96.5 Å². The van der Waals surface area contributed by atoms with E-state index in [0.717, 1.165) is 0 Å². The molecule has 0 aromatic heterocycles. The van der Waals surface area contributed by atoms with Crippen LogP contribution in [0.2, 0.25) is 0 Å². The van der Waals surface area contributed by atoms with E-state index in [-0.39, 0.29) is 12.7 Å². The lowest BCUT2D eigenvalue weighted by Crippen LogP contribution is -2.45. The molecule has 16 heavy (non-hydrogen) atoms. The topological polar surface area (TPSA) is 64.6 Å². The zero-order valence-corrected chi connectivity index (χ0v) is 10.6. The second-order valence-corrected chi connectivity index (χ2v) is 4.30. The van der Waals surface area contributed by atoms with Gasteiger partial charge in [-0.2, -0.15) is 0 Å². The van der Waals surface area contributed by atoms with Crippen LogP contribution in [0, 0.1) is 5.41 Å². The third-order valence-corrected chi connectivity index (χ3v) is 2.52. The number of nitrogens with one attached hydrogen (secondary N) is 1. The van der Waals surface area contributed by atoms with Crippen LogP contribution in [0.1, 0.15) is 34.1 Å². The Morgan fingerprint density at radius 2 is 1.94 bits per heavy atom. The van der Waals surface area contributed by atoms with Crippen molar-refractivity contribution in [2.75, 3.05) is 13.9 Å². The van der Waals surface area contributed by atoms with Gasteiger partial charge in [0.2, 0.25) is 5.91 Å². The van der Waals surface area contributed by atoms with Crippen molar-refractivity contribution in [1.82, 2.24) is 5.32 Å². The number of hydrogen-bond acceptors (Lipinski definition) is 4. The highest BCUT2D eigenvalue weighted by Crippen LogP contribution is 2.19. The Kier molecular flexibility index (Phi) is 6.03. The summed E-state index contributed by atoms with van der Waals surface area (Å²) in [7, 11) is 1.43. The molecule has 0 aliphatic heterocycles. The predicted octanol–water partition coefficient (Wildman–Crippen LogP) is 1.07. The van der Waals surface area contributed by atoms with Gasteiger partial charge in [0.1, 0.15) is 6.04 Å². The molecular formula is C11H21NO4. The minimum atomic E-state index is -0.659. The molecule has 0 heterocycles. The number of ether oxygens (including phenoxy) is 2. The van der Waals surface area contributed by atoms with E-state index in [2.05, 4.69) is 10.1 Å². The maximum Gasteiger partial charge on any atom is 0.330 e. The highest BCUT2D eigenvalue weighted by molar-refractivity contribution is 5.87. The standard InChI is InChI=1S/C11H21NO4/c1-6-11(3,4)10(14)12-8(2)9(13)16-7-15-5/h8H,6-7H2,1-5H3,(H,12,14). The van der Waals surface area contributed by atoms with Crippen molar-refractivity contribution in [2.24, 2.45) is 5.41 Å². The van der Waals surface area contributed by atoms with Crippen LogP contribution in [0.25, 0.3) is 0 Å². The zero-order valence-electron chi connectivity index (χ0n) is 10.6. The van der Waals surface area contributed by atoms with Gasteiger partial charge in [-0.3, -0.25) is 4.79 Å². The van der Waals surface area contributed by atoms with Crippen LogP contribution in [0.5, 0.6) is 0 Å². The molecule has 0 spiro atoms. The normalized spacial score (nSPS) is 13.1. The molecule has 5 nitrogen and oxygen atoms in total. The molecule has 0 aromatic carbocycles. The minimum absolute atomic E-state index is 0.101. The molecule has 0 saturated carbocycles. The highest BCUT2D eigenvalue weighted by Gasteiger charge is 2.28. The van der Waals surface area contributed by atoms with Gasteiger partial charge in [0.25, 0.3) is 0 Å². The van der Waals surface area contributed by atoms with Crippen LogP contribution >= 0.6 is 0 Å². The predicted molar refractivity (Wildman–Crippen MR) is 59.6 cm³/mol. The monoisotopic (exact) mass is 231 g/mol. The van der Waals surface area contributed by atoms with Crippen LogP contribution in [0.3, 0.4) is 0 Å². The number of carbonyl (C=O) groups is 2. The van der Waals surface area contributed by atoms with Crippen LogP contribution in [0.4, 0.5) is 0 Å². The summed E-state index contributed by atoms with van der Waals surface area (Å²) in [6.07, 6.45) is 0.707. The average molecular weight is 231 g/mol. The maximum absolute atomic E-state index is 11.7. The van der Waals surface area contributed by atoms with Crippen LogP contribution in [0.15, 0.2) is 0 Å². The number of esters is 1. The van der Waals surface area contributed by atoms with Crippen molar-refractivity contribution in [1.29, 1.82) is 0 Å². The summed E-state index contributed by atoms with van der Waals surface area (Å²) >= 11 is 0. The van der Waals surface area contributed by atoms with E-state index in [1.165, 1.54) is 7.11 Å². The number of amides is 1. The largest absolute Gasteiger partial charge is 0.437 e. The molecule has 1 unspecified atom stereocenters. The summed E-state index contributed by atoms with van der Waals surface area (Å²) in [5, 5.41) is 2.61. The summed E-state index contributed by atoms with van der Waals surface area (Å²) in [5.74, 6) is -0.654. The first kappa shape index (κ1) is 14.9. The van der Waals surface area contributed by atoms with Gasteiger partial charge in [0.05, 0.1) is 0 Å². The quantitative estimate of drug-likeness (QED) is 0.548. The first-order valence-corrected chi connectivity index (χ1v) is 5.31. The van der Waals surface area contributed by atoms with E-state index < -0.39 is 17.4 Å². The van der Waals surface area contributed by atoms with Crippen molar-refractivity contribution in [3.8, 4) is 0 Å². The smallest absolute Gasteiger partial charge is 0.330 e. The Balaban J connectivity index is 4.19. The molecule has 0 fully saturated rings. The molecule has 0 radical (unpaired) electrons. The second-order valence-electron chi connectivity index (χ2n) is 4.30. The van der Waals surface area contributed by atoms with Gasteiger partial charge in [-0.15, -0.1) is 0 Å². The molecule has 1 atom stereocenters. The molecule has 5 heteroatoms. The third-order valence-electron chi connectivity index (χ3n) is 2.52. The van der Waals surface area contributed by atoms with Gasteiger partial charge in [0, 0.05) is 12.5 Å². The molecule has 0 aromatic rings. The van der Waals surface area contributed by atoms with Crippen molar-refractivity contribution in [3.63, 3.8) is 0 Å². The molecule has 0 aliphatic carbocycles. The number of carbonyl (C=O) groups excluding carboxylic acids is 2. The molecule has 0 saturated heterocycles. The molecule has 1 N–H and O–H groups in total. The highest BCUT2D eigenvalue weighted by atomic mass is 16.7. The fourth-order valence-corrected chi connectivity index (χ4v) is 0.853. The van der Waals surface area contributed by atoms with E-state index in [4.69, 9.17) is 4.74 Å². The molecule has 94 valence electrons. The third kappa shape index (κ3) is 4.61. The second kappa shape index (κ2) is 6.48. The SMILES string of the molecule is CCC(C)(C)C(=O)NC(C)C(=O)OCOC. The van der Waals surface area contributed by atoms with Crippen molar-refractivity contribution in [2.45, 2.75) is 40.2 Å². The first-order valence-electron chi connectivity index (χ1n) is 5.31. The van der Waals surface area contributed by atoms with E-state index >= 15 is 0 Å². The van der Waals surface area contributed by atoms with Gasteiger partial charge < -0.3 is 14.8 Å². The molecule has 0 rings (SSSR count). The summed E-state index contributed by atoms with van der Waals surface area (Å²) < 4.78 is 9.32. The summed E-state index contributed by atoms with van der Waals surface area (Å²) in [6.45, 7) is 7.07. The number of hydrogen-bond donors (Lipinski definition) is 1.